The van der Waals surface area contributed by atoms with Crippen molar-refractivity contribution < 1.29 is 9.53 Å². The van der Waals surface area contributed by atoms with E-state index in [1.165, 1.54) is 0 Å². The predicted octanol–water partition coefficient (Wildman–Crippen LogP) is 2.03. The highest BCUT2D eigenvalue weighted by atomic mass is 35.5. The van der Waals surface area contributed by atoms with Gasteiger partial charge in [-0.2, -0.15) is 0 Å². The third-order valence-corrected chi connectivity index (χ3v) is 2.39. The van der Waals surface area contributed by atoms with Crippen LogP contribution in [0, 0.1) is 0 Å². The first-order valence-electron chi connectivity index (χ1n) is 5.52. The lowest BCUT2D eigenvalue weighted by atomic mass is 10.1. The van der Waals surface area contributed by atoms with E-state index in [4.69, 9.17) is 4.74 Å². The maximum Gasteiger partial charge on any atom is 0.410 e. The Morgan fingerprint density at radius 1 is 1.38 bits per heavy atom. The van der Waals surface area contributed by atoms with E-state index in [0.29, 0.717) is 6.04 Å². The fourth-order valence-electron chi connectivity index (χ4n) is 1.60. The summed E-state index contributed by atoms with van der Waals surface area (Å²) >= 11 is 0. The van der Waals surface area contributed by atoms with E-state index in [9.17, 15) is 4.79 Å². The number of ether oxygens (including phenoxy) is 1. The average molecular weight is 251 g/mol. The minimum Gasteiger partial charge on any atom is -0.444 e. The molecule has 1 N–H and O–H groups in total. The molecule has 0 aromatic carbocycles. The van der Waals surface area contributed by atoms with Gasteiger partial charge in [-0.15, -0.1) is 12.4 Å². The Bertz CT molecular complexity index is 241. The number of halogens is 1. The Labute approximate surface area is 104 Å². The SMILES string of the molecule is CC1CN(C(=O)OC(C)(C)C)C(C)CN1.Cl. The lowest BCUT2D eigenvalue weighted by Gasteiger charge is -2.38. The third-order valence-electron chi connectivity index (χ3n) is 2.39. The van der Waals surface area contributed by atoms with E-state index in [0.717, 1.165) is 13.1 Å². The van der Waals surface area contributed by atoms with Gasteiger partial charge < -0.3 is 15.0 Å². The van der Waals surface area contributed by atoms with Gasteiger partial charge in [0.05, 0.1) is 0 Å². The lowest BCUT2D eigenvalue weighted by molar-refractivity contribution is 0.0104. The number of carbonyl (C=O) groups is 1. The van der Waals surface area contributed by atoms with Crippen LogP contribution in [0.4, 0.5) is 4.79 Å². The van der Waals surface area contributed by atoms with Crippen LogP contribution in [0.2, 0.25) is 0 Å². The van der Waals surface area contributed by atoms with Crippen LogP contribution >= 0.6 is 12.4 Å². The summed E-state index contributed by atoms with van der Waals surface area (Å²) in [5, 5.41) is 3.33. The van der Waals surface area contributed by atoms with E-state index in [1.807, 2.05) is 27.7 Å². The second-order valence-corrected chi connectivity index (χ2v) is 5.29. The number of hydrogen-bond donors (Lipinski definition) is 1. The molecule has 1 saturated heterocycles. The Morgan fingerprint density at radius 2 is 1.94 bits per heavy atom. The van der Waals surface area contributed by atoms with Gasteiger partial charge >= 0.3 is 6.09 Å². The zero-order chi connectivity index (χ0) is 11.6. The van der Waals surface area contributed by atoms with Crippen molar-refractivity contribution in [2.45, 2.75) is 52.3 Å². The second-order valence-electron chi connectivity index (χ2n) is 5.29. The summed E-state index contributed by atoms with van der Waals surface area (Å²) in [6.07, 6.45) is -0.205. The Hall–Kier alpha value is -0.480. The quantitative estimate of drug-likeness (QED) is 0.715. The molecule has 1 rings (SSSR count). The third kappa shape index (κ3) is 4.58. The standard InChI is InChI=1S/C11H22N2O2.ClH/c1-8-7-13(9(2)6-12-8)10(14)15-11(3,4)5;/h8-9,12H,6-7H2,1-5H3;1H. The molecule has 4 nitrogen and oxygen atoms in total. The number of nitrogens with one attached hydrogen (secondary N) is 1. The van der Waals surface area contributed by atoms with Crippen LogP contribution < -0.4 is 5.32 Å². The molecule has 0 bridgehead atoms. The van der Waals surface area contributed by atoms with Crippen molar-refractivity contribution in [3.63, 3.8) is 0 Å². The highest BCUT2D eigenvalue weighted by molar-refractivity contribution is 5.85. The molecule has 0 spiro atoms. The molecule has 1 aliphatic rings. The van der Waals surface area contributed by atoms with Crippen LogP contribution in [0.1, 0.15) is 34.6 Å². The first-order valence-corrected chi connectivity index (χ1v) is 5.52. The number of hydrogen-bond acceptors (Lipinski definition) is 3. The molecule has 1 heterocycles. The number of carbonyl (C=O) groups excluding carboxylic acids is 1. The molecule has 0 aromatic rings. The summed E-state index contributed by atoms with van der Waals surface area (Å²) in [6.45, 7) is 11.3. The smallest absolute Gasteiger partial charge is 0.410 e. The van der Waals surface area contributed by atoms with E-state index in [2.05, 4.69) is 12.2 Å². The molecule has 2 unspecified atom stereocenters. The summed E-state index contributed by atoms with van der Waals surface area (Å²) < 4.78 is 5.36. The van der Waals surface area contributed by atoms with E-state index >= 15 is 0 Å². The van der Waals surface area contributed by atoms with E-state index in [-0.39, 0.29) is 24.5 Å². The first-order chi connectivity index (χ1) is 6.79. The minimum atomic E-state index is -0.412. The largest absolute Gasteiger partial charge is 0.444 e. The predicted molar refractivity (Wildman–Crippen MR) is 67.1 cm³/mol. The second kappa shape index (κ2) is 5.73. The van der Waals surface area contributed by atoms with Crippen molar-refractivity contribution in [2.75, 3.05) is 13.1 Å². The summed E-state index contributed by atoms with van der Waals surface area (Å²) in [7, 11) is 0. The molecule has 0 aromatic heterocycles. The minimum absolute atomic E-state index is 0. The van der Waals surface area contributed by atoms with E-state index < -0.39 is 5.60 Å². The van der Waals surface area contributed by atoms with Gasteiger partial charge in [-0.1, -0.05) is 0 Å². The highest BCUT2D eigenvalue weighted by Crippen LogP contribution is 2.14. The zero-order valence-electron chi connectivity index (χ0n) is 10.7. The van der Waals surface area contributed by atoms with Gasteiger partial charge in [0.1, 0.15) is 5.60 Å². The van der Waals surface area contributed by atoms with Crippen LogP contribution in [0.15, 0.2) is 0 Å². The molecule has 5 heteroatoms. The number of rotatable bonds is 0. The Kier molecular flexibility index (Phi) is 5.56. The maximum atomic E-state index is 11.8. The van der Waals surface area contributed by atoms with Crippen molar-refractivity contribution in [1.29, 1.82) is 0 Å². The fraction of sp³-hybridized carbons (Fsp3) is 0.909. The van der Waals surface area contributed by atoms with Crippen molar-refractivity contribution in [2.24, 2.45) is 0 Å². The summed E-state index contributed by atoms with van der Waals surface area (Å²) in [5.41, 5.74) is -0.412. The molecular formula is C11H23ClN2O2. The first kappa shape index (κ1) is 15.5. The van der Waals surface area contributed by atoms with Gasteiger partial charge in [-0.05, 0) is 34.6 Å². The van der Waals surface area contributed by atoms with Gasteiger partial charge in [0.2, 0.25) is 0 Å². The van der Waals surface area contributed by atoms with Gasteiger partial charge in [0.15, 0.2) is 0 Å². The zero-order valence-corrected chi connectivity index (χ0v) is 11.6. The van der Waals surface area contributed by atoms with Crippen molar-refractivity contribution in [1.82, 2.24) is 10.2 Å². The van der Waals surface area contributed by atoms with E-state index in [1.54, 1.807) is 4.90 Å². The monoisotopic (exact) mass is 250 g/mol. The van der Waals surface area contributed by atoms with Gasteiger partial charge in [-0.25, -0.2) is 4.79 Å². The number of piperazine rings is 1. The molecule has 0 aliphatic carbocycles. The van der Waals surface area contributed by atoms with Crippen molar-refractivity contribution in [3.8, 4) is 0 Å². The van der Waals surface area contributed by atoms with Crippen LogP contribution in [-0.4, -0.2) is 41.8 Å². The van der Waals surface area contributed by atoms with Gasteiger partial charge in [-0.3, -0.25) is 0 Å². The van der Waals surface area contributed by atoms with Crippen molar-refractivity contribution >= 4 is 18.5 Å². The molecule has 1 fully saturated rings. The molecule has 1 aliphatic heterocycles. The molecular weight excluding hydrogens is 228 g/mol. The normalized spacial score (nSPS) is 25.9. The van der Waals surface area contributed by atoms with Gasteiger partial charge in [0, 0.05) is 25.2 Å². The van der Waals surface area contributed by atoms with Crippen LogP contribution in [0.25, 0.3) is 0 Å². The molecule has 96 valence electrons. The maximum absolute atomic E-state index is 11.8. The average Bonchev–Trinajstić information content (AvgIpc) is 2.06. The molecule has 16 heavy (non-hydrogen) atoms. The molecule has 1 amide bonds. The molecule has 0 radical (unpaired) electrons. The fourth-order valence-corrected chi connectivity index (χ4v) is 1.60. The number of nitrogens with zero attached hydrogens (tertiary/aromatic N) is 1. The topological polar surface area (TPSA) is 41.6 Å². The van der Waals surface area contributed by atoms with Crippen molar-refractivity contribution in [3.05, 3.63) is 0 Å². The van der Waals surface area contributed by atoms with Crippen LogP contribution in [-0.2, 0) is 4.74 Å². The van der Waals surface area contributed by atoms with Crippen LogP contribution in [0.3, 0.4) is 0 Å². The Morgan fingerprint density at radius 3 is 2.44 bits per heavy atom. The summed E-state index contributed by atoms with van der Waals surface area (Å²) in [4.78, 5) is 13.6. The summed E-state index contributed by atoms with van der Waals surface area (Å²) in [5.74, 6) is 0. The van der Waals surface area contributed by atoms with Gasteiger partial charge in [0.25, 0.3) is 0 Å². The summed E-state index contributed by atoms with van der Waals surface area (Å²) in [6, 6.07) is 0.546. The number of amides is 1. The lowest BCUT2D eigenvalue weighted by Crippen LogP contribution is -2.57. The van der Waals surface area contributed by atoms with Crippen LogP contribution in [0.5, 0.6) is 0 Å². The molecule has 0 saturated carbocycles. The Balaban J connectivity index is 0.00000225. The highest BCUT2D eigenvalue weighted by Gasteiger charge is 2.29. The molecule has 2 atom stereocenters.